The fraction of sp³-hybridized carbons (Fsp3) is 0.0909. The number of carbonyl (C=O) groups excluding carboxylic acids is 1. The summed E-state index contributed by atoms with van der Waals surface area (Å²) in [6.45, 7) is 2.51. The third kappa shape index (κ3) is 3.22. The van der Waals surface area contributed by atoms with E-state index in [2.05, 4.69) is 4.98 Å². The van der Waals surface area contributed by atoms with E-state index in [4.69, 9.17) is 0 Å². The van der Waals surface area contributed by atoms with E-state index < -0.39 is 0 Å². The highest BCUT2D eigenvalue weighted by atomic mass is 16.2. The van der Waals surface area contributed by atoms with Crippen molar-refractivity contribution in [3.63, 3.8) is 0 Å². The standard InChI is InChI=1S/C22H19N3O/c1-17-12-13-24-16-20(23-21(24)14-17)22(26)25(19-10-6-3-7-11-19)15-18-8-4-2-5-9-18/h2-14,16H,15H2,1H3. The van der Waals surface area contributed by atoms with Crippen LogP contribution in [0.15, 0.2) is 85.2 Å². The predicted molar refractivity (Wildman–Crippen MR) is 103 cm³/mol. The molecule has 0 saturated carbocycles. The summed E-state index contributed by atoms with van der Waals surface area (Å²) in [7, 11) is 0. The van der Waals surface area contributed by atoms with Gasteiger partial charge in [-0.25, -0.2) is 4.98 Å². The maximum Gasteiger partial charge on any atom is 0.278 e. The summed E-state index contributed by atoms with van der Waals surface area (Å²) in [6, 6.07) is 23.7. The van der Waals surface area contributed by atoms with Gasteiger partial charge in [-0.2, -0.15) is 0 Å². The minimum atomic E-state index is -0.110. The number of para-hydroxylation sites is 1. The van der Waals surface area contributed by atoms with Crippen molar-refractivity contribution in [2.45, 2.75) is 13.5 Å². The Bertz CT molecular complexity index is 1040. The molecule has 0 spiro atoms. The number of amides is 1. The van der Waals surface area contributed by atoms with Crippen LogP contribution in [0.5, 0.6) is 0 Å². The molecule has 2 heterocycles. The number of benzene rings is 2. The van der Waals surface area contributed by atoms with E-state index in [0.717, 1.165) is 22.5 Å². The van der Waals surface area contributed by atoms with Gasteiger partial charge in [0.2, 0.25) is 0 Å². The maximum absolute atomic E-state index is 13.3. The molecule has 4 heteroatoms. The van der Waals surface area contributed by atoms with Crippen molar-refractivity contribution in [2.75, 3.05) is 4.90 Å². The van der Waals surface area contributed by atoms with Gasteiger partial charge in [0.05, 0.1) is 6.54 Å². The lowest BCUT2D eigenvalue weighted by molar-refractivity contribution is 0.0981. The SMILES string of the molecule is Cc1ccn2cc(C(=O)N(Cc3ccccc3)c3ccccc3)nc2c1. The first kappa shape index (κ1) is 16.1. The van der Waals surface area contributed by atoms with Gasteiger partial charge in [0.15, 0.2) is 0 Å². The van der Waals surface area contributed by atoms with Crippen LogP contribution < -0.4 is 4.90 Å². The molecule has 0 atom stereocenters. The highest BCUT2D eigenvalue weighted by Crippen LogP contribution is 2.20. The molecule has 0 aliphatic carbocycles. The zero-order valence-electron chi connectivity index (χ0n) is 14.5. The summed E-state index contributed by atoms with van der Waals surface area (Å²) in [5.41, 5.74) is 4.27. The summed E-state index contributed by atoms with van der Waals surface area (Å²) in [6.07, 6.45) is 3.72. The van der Waals surface area contributed by atoms with Gasteiger partial charge >= 0.3 is 0 Å². The Kier molecular flexibility index (Phi) is 4.23. The molecule has 0 fully saturated rings. The van der Waals surface area contributed by atoms with E-state index in [1.54, 1.807) is 11.1 Å². The van der Waals surface area contributed by atoms with Crippen LogP contribution in [0.3, 0.4) is 0 Å². The summed E-state index contributed by atoms with van der Waals surface area (Å²) in [4.78, 5) is 19.6. The zero-order valence-corrected chi connectivity index (χ0v) is 14.5. The molecule has 0 aliphatic heterocycles. The number of hydrogen-bond acceptors (Lipinski definition) is 2. The van der Waals surface area contributed by atoms with Gasteiger partial charge in [0, 0.05) is 18.1 Å². The molecular formula is C22H19N3O. The van der Waals surface area contributed by atoms with Crippen LogP contribution in [-0.2, 0) is 6.54 Å². The second-order valence-electron chi connectivity index (χ2n) is 6.31. The lowest BCUT2D eigenvalue weighted by Gasteiger charge is -2.22. The number of nitrogens with zero attached hydrogens (tertiary/aromatic N) is 3. The second kappa shape index (κ2) is 6.84. The summed E-state index contributed by atoms with van der Waals surface area (Å²) >= 11 is 0. The molecule has 0 radical (unpaired) electrons. The number of carbonyl (C=O) groups is 1. The van der Waals surface area contributed by atoms with Crippen molar-refractivity contribution < 1.29 is 4.79 Å². The van der Waals surface area contributed by atoms with E-state index in [-0.39, 0.29) is 5.91 Å². The minimum absolute atomic E-state index is 0.110. The summed E-state index contributed by atoms with van der Waals surface area (Å²) < 4.78 is 1.88. The molecular weight excluding hydrogens is 322 g/mol. The molecule has 4 nitrogen and oxygen atoms in total. The third-order valence-corrected chi connectivity index (χ3v) is 4.33. The van der Waals surface area contributed by atoms with Gasteiger partial charge in [-0.3, -0.25) is 4.79 Å². The molecule has 1 amide bonds. The predicted octanol–water partition coefficient (Wildman–Crippen LogP) is 4.49. The Labute approximate surface area is 152 Å². The first-order chi connectivity index (χ1) is 12.7. The van der Waals surface area contributed by atoms with Crippen LogP contribution >= 0.6 is 0 Å². The smallest absolute Gasteiger partial charge is 0.278 e. The van der Waals surface area contributed by atoms with E-state index >= 15 is 0 Å². The highest BCUT2D eigenvalue weighted by molar-refractivity contribution is 6.05. The van der Waals surface area contributed by atoms with Crippen molar-refractivity contribution in [1.82, 2.24) is 9.38 Å². The zero-order chi connectivity index (χ0) is 17.9. The number of pyridine rings is 1. The number of fused-ring (bicyclic) bond motifs is 1. The molecule has 128 valence electrons. The van der Waals surface area contributed by atoms with Crippen LogP contribution in [0.4, 0.5) is 5.69 Å². The van der Waals surface area contributed by atoms with E-state index in [9.17, 15) is 4.79 Å². The topological polar surface area (TPSA) is 37.6 Å². The molecule has 0 bridgehead atoms. The Morgan fingerprint density at radius 1 is 1.00 bits per heavy atom. The number of hydrogen-bond donors (Lipinski definition) is 0. The first-order valence-corrected chi connectivity index (χ1v) is 8.57. The summed E-state index contributed by atoms with van der Waals surface area (Å²) in [5, 5.41) is 0. The lowest BCUT2D eigenvalue weighted by atomic mass is 10.2. The summed E-state index contributed by atoms with van der Waals surface area (Å²) in [5.74, 6) is -0.110. The number of aryl methyl sites for hydroxylation is 1. The third-order valence-electron chi connectivity index (χ3n) is 4.33. The molecule has 4 rings (SSSR count). The maximum atomic E-state index is 13.3. The highest BCUT2D eigenvalue weighted by Gasteiger charge is 2.21. The largest absolute Gasteiger partial charge is 0.306 e. The molecule has 26 heavy (non-hydrogen) atoms. The van der Waals surface area contributed by atoms with Crippen LogP contribution in [-0.4, -0.2) is 15.3 Å². The monoisotopic (exact) mass is 341 g/mol. The Balaban J connectivity index is 1.73. The average molecular weight is 341 g/mol. The molecule has 0 unspecified atom stereocenters. The van der Waals surface area contributed by atoms with Crippen LogP contribution in [0.1, 0.15) is 21.6 Å². The Morgan fingerprint density at radius 3 is 2.42 bits per heavy atom. The van der Waals surface area contributed by atoms with Crippen molar-refractivity contribution in [1.29, 1.82) is 0 Å². The van der Waals surface area contributed by atoms with Gasteiger partial charge in [-0.05, 0) is 42.3 Å². The fourth-order valence-electron chi connectivity index (χ4n) is 2.98. The quantitative estimate of drug-likeness (QED) is 0.548. The van der Waals surface area contributed by atoms with Crippen LogP contribution in [0.2, 0.25) is 0 Å². The fourth-order valence-corrected chi connectivity index (χ4v) is 2.98. The second-order valence-corrected chi connectivity index (χ2v) is 6.31. The van der Waals surface area contributed by atoms with E-state index in [0.29, 0.717) is 12.2 Å². The number of aromatic nitrogens is 2. The van der Waals surface area contributed by atoms with E-state index in [1.165, 1.54) is 0 Å². The molecule has 0 N–H and O–H groups in total. The van der Waals surface area contributed by atoms with Crippen LogP contribution in [0.25, 0.3) is 5.65 Å². The molecule has 0 aliphatic rings. The van der Waals surface area contributed by atoms with Gasteiger partial charge in [0.1, 0.15) is 11.3 Å². The first-order valence-electron chi connectivity index (χ1n) is 8.57. The van der Waals surface area contributed by atoms with Gasteiger partial charge < -0.3 is 9.30 Å². The lowest BCUT2D eigenvalue weighted by Crippen LogP contribution is -2.30. The van der Waals surface area contributed by atoms with Crippen molar-refractivity contribution in [3.05, 3.63) is 102 Å². The molecule has 0 saturated heterocycles. The van der Waals surface area contributed by atoms with E-state index in [1.807, 2.05) is 90.3 Å². The van der Waals surface area contributed by atoms with Crippen molar-refractivity contribution in [3.8, 4) is 0 Å². The van der Waals surface area contributed by atoms with Crippen molar-refractivity contribution >= 4 is 17.2 Å². The molecule has 2 aromatic carbocycles. The molecule has 2 aromatic heterocycles. The molecule has 4 aromatic rings. The number of rotatable bonds is 4. The minimum Gasteiger partial charge on any atom is -0.306 e. The van der Waals surface area contributed by atoms with Crippen molar-refractivity contribution in [2.24, 2.45) is 0 Å². The van der Waals surface area contributed by atoms with Gasteiger partial charge in [0.25, 0.3) is 5.91 Å². The van der Waals surface area contributed by atoms with Gasteiger partial charge in [-0.1, -0.05) is 48.5 Å². The Hall–Kier alpha value is -3.40. The average Bonchev–Trinajstić information content (AvgIpc) is 3.10. The normalized spacial score (nSPS) is 10.8. The van der Waals surface area contributed by atoms with Crippen LogP contribution in [0, 0.1) is 6.92 Å². The number of imidazole rings is 1. The number of anilines is 1. The Morgan fingerprint density at radius 2 is 1.69 bits per heavy atom. The van der Waals surface area contributed by atoms with Gasteiger partial charge in [-0.15, -0.1) is 0 Å².